The van der Waals surface area contributed by atoms with Crippen molar-refractivity contribution in [2.75, 3.05) is 43.4 Å². The fourth-order valence-electron chi connectivity index (χ4n) is 2.81. The van der Waals surface area contributed by atoms with Gasteiger partial charge in [0, 0.05) is 43.6 Å². The largest absolute Gasteiger partial charge is 0.354 e. The number of nitrogens with one attached hydrogen (secondary N) is 1. The van der Waals surface area contributed by atoms with Crippen molar-refractivity contribution in [3.8, 4) is 0 Å². The Labute approximate surface area is 138 Å². The Hall–Kier alpha value is -2.14. The molecule has 122 valence electrons. The first-order valence-corrected chi connectivity index (χ1v) is 8.15. The third-order valence-corrected chi connectivity index (χ3v) is 4.52. The summed E-state index contributed by atoms with van der Waals surface area (Å²) in [6.45, 7) is 10.4. The third-order valence-electron chi connectivity index (χ3n) is 4.52. The number of aromatic nitrogens is 2. The second kappa shape index (κ2) is 6.54. The summed E-state index contributed by atoms with van der Waals surface area (Å²) in [4.78, 5) is 14.0. The van der Waals surface area contributed by atoms with Gasteiger partial charge in [-0.15, -0.1) is 0 Å². The topological polar surface area (TPSA) is 44.3 Å². The third kappa shape index (κ3) is 3.62. The van der Waals surface area contributed by atoms with Crippen molar-refractivity contribution in [3.63, 3.8) is 0 Å². The quantitative estimate of drug-likeness (QED) is 0.944. The van der Waals surface area contributed by atoms with E-state index in [0.29, 0.717) is 5.95 Å². The zero-order valence-electron chi connectivity index (χ0n) is 14.4. The molecule has 0 aliphatic carbocycles. The summed E-state index contributed by atoms with van der Waals surface area (Å²) in [6, 6.07) is 8.32. The lowest BCUT2D eigenvalue weighted by Crippen LogP contribution is -2.44. The number of nitrogens with zero attached hydrogens (tertiary/aromatic N) is 4. The maximum absolute atomic E-state index is 4.73. The maximum Gasteiger partial charge on any atom is 0.229 e. The number of hydrogen-bond donors (Lipinski definition) is 1. The summed E-state index contributed by atoms with van der Waals surface area (Å²) in [5, 5.41) is 3.38. The second-order valence-electron chi connectivity index (χ2n) is 6.35. The Morgan fingerprint density at radius 1 is 1.00 bits per heavy atom. The van der Waals surface area contributed by atoms with Crippen molar-refractivity contribution in [1.82, 2.24) is 14.9 Å². The number of anilines is 3. The molecule has 1 aromatic heterocycles. The molecule has 0 unspecified atom stereocenters. The lowest BCUT2D eigenvalue weighted by atomic mass is 10.1. The molecule has 2 heterocycles. The smallest absolute Gasteiger partial charge is 0.229 e. The van der Waals surface area contributed by atoms with Gasteiger partial charge in [-0.05, 0) is 45.0 Å². The van der Waals surface area contributed by atoms with Crippen LogP contribution in [-0.4, -0.2) is 48.1 Å². The van der Waals surface area contributed by atoms with Gasteiger partial charge < -0.3 is 15.1 Å². The van der Waals surface area contributed by atoms with Crippen molar-refractivity contribution < 1.29 is 0 Å². The standard InChI is InChI=1S/C18H25N5/c1-13-6-5-7-16(15(13)3)20-18-19-14(2)12-17(21-18)23-10-8-22(4)9-11-23/h5-7,12H,8-11H2,1-4H3,(H,19,20,21). The molecular formula is C18H25N5. The molecule has 1 fully saturated rings. The molecule has 3 rings (SSSR count). The van der Waals surface area contributed by atoms with Gasteiger partial charge >= 0.3 is 0 Å². The van der Waals surface area contributed by atoms with Crippen LogP contribution in [0.5, 0.6) is 0 Å². The Kier molecular flexibility index (Phi) is 4.48. The first-order chi connectivity index (χ1) is 11.0. The van der Waals surface area contributed by atoms with Crippen LogP contribution in [-0.2, 0) is 0 Å². The Morgan fingerprint density at radius 2 is 1.74 bits per heavy atom. The van der Waals surface area contributed by atoms with Crippen LogP contribution < -0.4 is 10.2 Å². The summed E-state index contributed by atoms with van der Waals surface area (Å²) in [6.07, 6.45) is 0. The fourth-order valence-corrected chi connectivity index (χ4v) is 2.81. The monoisotopic (exact) mass is 311 g/mol. The first-order valence-electron chi connectivity index (χ1n) is 8.15. The number of hydrogen-bond acceptors (Lipinski definition) is 5. The Bertz CT molecular complexity index is 690. The molecule has 0 atom stereocenters. The van der Waals surface area contributed by atoms with E-state index in [1.165, 1.54) is 11.1 Å². The van der Waals surface area contributed by atoms with E-state index in [1.807, 2.05) is 6.92 Å². The minimum absolute atomic E-state index is 0.674. The fraction of sp³-hybridized carbons (Fsp3) is 0.444. The van der Waals surface area contributed by atoms with E-state index in [9.17, 15) is 0 Å². The van der Waals surface area contributed by atoms with Crippen LogP contribution in [0.25, 0.3) is 0 Å². The highest BCUT2D eigenvalue weighted by molar-refractivity contribution is 5.61. The van der Waals surface area contributed by atoms with Crippen LogP contribution in [0.1, 0.15) is 16.8 Å². The molecule has 5 nitrogen and oxygen atoms in total. The maximum atomic E-state index is 4.73. The molecule has 1 aliphatic rings. The van der Waals surface area contributed by atoms with Gasteiger partial charge in [-0.25, -0.2) is 4.98 Å². The highest BCUT2D eigenvalue weighted by atomic mass is 15.3. The van der Waals surface area contributed by atoms with Crippen molar-refractivity contribution >= 4 is 17.5 Å². The highest BCUT2D eigenvalue weighted by Crippen LogP contribution is 2.23. The Balaban J connectivity index is 1.84. The van der Waals surface area contributed by atoms with Crippen LogP contribution in [0.4, 0.5) is 17.5 Å². The molecule has 0 bridgehead atoms. The van der Waals surface area contributed by atoms with Crippen molar-refractivity contribution in [3.05, 3.63) is 41.1 Å². The molecule has 0 radical (unpaired) electrons. The molecule has 0 amide bonds. The van der Waals surface area contributed by atoms with E-state index in [1.54, 1.807) is 0 Å². The molecule has 23 heavy (non-hydrogen) atoms. The summed E-state index contributed by atoms with van der Waals surface area (Å²) in [5.41, 5.74) is 4.56. The first kappa shape index (κ1) is 15.7. The summed E-state index contributed by atoms with van der Waals surface area (Å²) in [7, 11) is 2.16. The Morgan fingerprint density at radius 3 is 2.48 bits per heavy atom. The molecule has 0 saturated carbocycles. The molecule has 5 heteroatoms. The van der Waals surface area contributed by atoms with Crippen molar-refractivity contribution in [1.29, 1.82) is 0 Å². The van der Waals surface area contributed by atoms with Gasteiger partial charge in [0.2, 0.25) is 5.95 Å². The van der Waals surface area contributed by atoms with E-state index in [-0.39, 0.29) is 0 Å². The zero-order valence-corrected chi connectivity index (χ0v) is 14.4. The molecule has 1 aromatic carbocycles. The minimum atomic E-state index is 0.674. The minimum Gasteiger partial charge on any atom is -0.354 e. The predicted octanol–water partition coefficient (Wildman–Crippen LogP) is 2.90. The number of benzene rings is 1. The van der Waals surface area contributed by atoms with E-state index in [0.717, 1.165) is 43.4 Å². The molecule has 1 aliphatic heterocycles. The van der Waals surface area contributed by atoms with Gasteiger partial charge in [0.15, 0.2) is 0 Å². The van der Waals surface area contributed by atoms with Gasteiger partial charge in [0.05, 0.1) is 0 Å². The van der Waals surface area contributed by atoms with Crippen LogP contribution in [0.2, 0.25) is 0 Å². The van der Waals surface area contributed by atoms with Crippen molar-refractivity contribution in [2.24, 2.45) is 0 Å². The van der Waals surface area contributed by atoms with Gasteiger partial charge in [0.1, 0.15) is 5.82 Å². The summed E-state index contributed by atoms with van der Waals surface area (Å²) < 4.78 is 0. The second-order valence-corrected chi connectivity index (χ2v) is 6.35. The molecular weight excluding hydrogens is 286 g/mol. The van der Waals surface area contributed by atoms with Gasteiger partial charge in [0.25, 0.3) is 0 Å². The average molecular weight is 311 g/mol. The van der Waals surface area contributed by atoms with E-state index < -0.39 is 0 Å². The predicted molar refractivity (Wildman–Crippen MR) is 95.7 cm³/mol. The van der Waals surface area contributed by atoms with Crippen LogP contribution >= 0.6 is 0 Å². The number of rotatable bonds is 3. The number of piperazine rings is 1. The molecule has 1 saturated heterocycles. The number of aryl methyl sites for hydroxylation is 2. The zero-order chi connectivity index (χ0) is 16.4. The molecule has 2 aromatic rings. The van der Waals surface area contributed by atoms with E-state index in [2.05, 4.69) is 65.3 Å². The van der Waals surface area contributed by atoms with E-state index in [4.69, 9.17) is 4.98 Å². The summed E-state index contributed by atoms with van der Waals surface area (Å²) in [5.74, 6) is 1.69. The van der Waals surface area contributed by atoms with Gasteiger partial charge in [-0.3, -0.25) is 0 Å². The normalized spacial score (nSPS) is 15.7. The highest BCUT2D eigenvalue weighted by Gasteiger charge is 2.16. The average Bonchev–Trinajstić information content (AvgIpc) is 2.52. The van der Waals surface area contributed by atoms with Crippen molar-refractivity contribution in [2.45, 2.75) is 20.8 Å². The summed E-state index contributed by atoms with van der Waals surface area (Å²) >= 11 is 0. The molecule has 0 spiro atoms. The lowest BCUT2D eigenvalue weighted by Gasteiger charge is -2.33. The van der Waals surface area contributed by atoms with Crippen LogP contribution in [0.3, 0.4) is 0 Å². The van der Waals surface area contributed by atoms with Crippen LogP contribution in [0.15, 0.2) is 24.3 Å². The van der Waals surface area contributed by atoms with Crippen LogP contribution in [0, 0.1) is 20.8 Å². The van der Waals surface area contributed by atoms with E-state index >= 15 is 0 Å². The lowest BCUT2D eigenvalue weighted by molar-refractivity contribution is 0.312. The van der Waals surface area contributed by atoms with Gasteiger partial charge in [-0.2, -0.15) is 4.98 Å². The SMILES string of the molecule is Cc1cc(N2CCN(C)CC2)nc(Nc2cccc(C)c2C)n1. The molecule has 1 N–H and O–H groups in total. The van der Waals surface area contributed by atoms with Gasteiger partial charge in [-0.1, -0.05) is 12.1 Å². The number of likely N-dealkylation sites (N-methyl/N-ethyl adjacent to an activating group) is 1.